The minimum absolute atomic E-state index is 0.0522. The Hall–Kier alpha value is -3.93. The number of amides is 1. The van der Waals surface area contributed by atoms with E-state index in [1.54, 1.807) is 20.2 Å². The van der Waals surface area contributed by atoms with Gasteiger partial charge in [0.2, 0.25) is 5.91 Å². The van der Waals surface area contributed by atoms with Crippen LogP contribution >= 0.6 is 0 Å². The van der Waals surface area contributed by atoms with Gasteiger partial charge in [0.25, 0.3) is 0 Å². The molecule has 4 aromatic rings. The third kappa shape index (κ3) is 3.43. The second-order valence-corrected chi connectivity index (χ2v) is 7.20. The quantitative estimate of drug-likeness (QED) is 0.547. The fourth-order valence-corrected chi connectivity index (χ4v) is 3.56. The van der Waals surface area contributed by atoms with E-state index in [-0.39, 0.29) is 18.1 Å². The Kier molecular flexibility index (Phi) is 5.06. The van der Waals surface area contributed by atoms with Gasteiger partial charge in [0.1, 0.15) is 12.2 Å². The summed E-state index contributed by atoms with van der Waals surface area (Å²) < 4.78 is 1.82. The number of nitrogens with zero attached hydrogens (tertiary/aromatic N) is 3. The highest BCUT2D eigenvalue weighted by atomic mass is 16.4. The van der Waals surface area contributed by atoms with Crippen molar-refractivity contribution in [2.75, 3.05) is 14.1 Å². The summed E-state index contributed by atoms with van der Waals surface area (Å²) in [6, 6.07) is 22.9. The highest BCUT2D eigenvalue weighted by Gasteiger charge is 2.23. The monoisotopic (exact) mass is 399 g/mol. The zero-order chi connectivity index (χ0) is 21.3. The van der Waals surface area contributed by atoms with Gasteiger partial charge in [0.15, 0.2) is 5.69 Å². The Balaban J connectivity index is 2.12. The second-order valence-electron chi connectivity index (χ2n) is 7.20. The molecule has 0 aliphatic heterocycles. The Morgan fingerprint density at radius 3 is 2.07 bits per heavy atom. The van der Waals surface area contributed by atoms with Crippen LogP contribution in [0.3, 0.4) is 0 Å². The summed E-state index contributed by atoms with van der Waals surface area (Å²) in [6.45, 7) is 0.0522. The van der Waals surface area contributed by atoms with Crippen LogP contribution in [0.5, 0.6) is 0 Å². The van der Waals surface area contributed by atoms with E-state index in [4.69, 9.17) is 0 Å². The summed E-state index contributed by atoms with van der Waals surface area (Å²) in [5.41, 5.74) is 4.08. The van der Waals surface area contributed by atoms with Crippen LogP contribution in [0, 0.1) is 0 Å². The number of carboxylic acid groups (broad SMARTS) is 1. The normalized spacial score (nSPS) is 10.9. The van der Waals surface area contributed by atoms with E-state index < -0.39 is 5.97 Å². The van der Waals surface area contributed by atoms with Gasteiger partial charge in [0, 0.05) is 25.0 Å². The molecule has 0 saturated carbocycles. The Morgan fingerprint density at radius 1 is 0.900 bits per heavy atom. The van der Waals surface area contributed by atoms with Crippen molar-refractivity contribution < 1.29 is 14.7 Å². The van der Waals surface area contributed by atoms with Crippen molar-refractivity contribution in [3.8, 4) is 22.4 Å². The van der Waals surface area contributed by atoms with E-state index in [9.17, 15) is 14.7 Å². The first-order valence-electron chi connectivity index (χ1n) is 9.55. The fourth-order valence-electron chi connectivity index (χ4n) is 3.56. The number of fused-ring (bicyclic) bond motifs is 1. The summed E-state index contributed by atoms with van der Waals surface area (Å²) in [5, 5.41) is 10.3. The molecule has 150 valence electrons. The Labute approximate surface area is 174 Å². The van der Waals surface area contributed by atoms with Crippen LogP contribution < -0.4 is 0 Å². The summed E-state index contributed by atoms with van der Waals surface area (Å²) in [7, 11) is 3.40. The zero-order valence-electron chi connectivity index (χ0n) is 16.7. The predicted molar refractivity (Wildman–Crippen MR) is 116 cm³/mol. The lowest BCUT2D eigenvalue weighted by Gasteiger charge is -2.15. The molecule has 0 unspecified atom stereocenters. The van der Waals surface area contributed by atoms with Crippen LogP contribution in [-0.4, -0.2) is 45.5 Å². The summed E-state index contributed by atoms with van der Waals surface area (Å²) in [5.74, 6) is -1.21. The maximum atomic E-state index is 12.7. The van der Waals surface area contributed by atoms with Crippen LogP contribution in [0.1, 0.15) is 10.5 Å². The standard InChI is InChI=1S/C24H21N3O3/c1-26(2)20(28)15-27-22(17-11-7-4-8-12-17)21(16-9-5-3-6-10-16)18-13-14-19(24(29)30)25-23(18)27/h3-14H,15H2,1-2H3,(H,29,30). The van der Waals surface area contributed by atoms with Crippen LogP contribution in [0.2, 0.25) is 0 Å². The minimum Gasteiger partial charge on any atom is -0.477 e. The topological polar surface area (TPSA) is 75.4 Å². The average Bonchev–Trinajstić information content (AvgIpc) is 3.08. The lowest BCUT2D eigenvalue weighted by atomic mass is 9.99. The number of benzene rings is 2. The molecule has 2 aromatic heterocycles. The van der Waals surface area contributed by atoms with E-state index in [0.29, 0.717) is 5.65 Å². The molecule has 0 bridgehead atoms. The summed E-state index contributed by atoms with van der Waals surface area (Å²) >= 11 is 0. The number of aromatic nitrogens is 2. The number of likely N-dealkylation sites (N-methyl/N-ethyl adjacent to an activating group) is 1. The van der Waals surface area contributed by atoms with Gasteiger partial charge in [-0.1, -0.05) is 60.7 Å². The van der Waals surface area contributed by atoms with Crippen molar-refractivity contribution in [3.05, 3.63) is 78.5 Å². The van der Waals surface area contributed by atoms with Crippen molar-refractivity contribution in [1.82, 2.24) is 14.5 Å². The molecule has 0 radical (unpaired) electrons. The van der Waals surface area contributed by atoms with Gasteiger partial charge in [-0.25, -0.2) is 9.78 Å². The van der Waals surface area contributed by atoms with Crippen molar-refractivity contribution >= 4 is 22.9 Å². The highest BCUT2D eigenvalue weighted by molar-refractivity contribution is 6.05. The number of hydrogen-bond donors (Lipinski definition) is 1. The Morgan fingerprint density at radius 2 is 1.50 bits per heavy atom. The molecule has 0 aliphatic rings. The van der Waals surface area contributed by atoms with E-state index in [2.05, 4.69) is 4.98 Å². The van der Waals surface area contributed by atoms with Gasteiger partial charge in [-0.05, 0) is 23.3 Å². The van der Waals surface area contributed by atoms with E-state index in [1.165, 1.54) is 11.0 Å². The molecule has 6 heteroatoms. The average molecular weight is 399 g/mol. The first kappa shape index (κ1) is 19.4. The molecule has 0 spiro atoms. The fraction of sp³-hybridized carbons (Fsp3) is 0.125. The van der Waals surface area contributed by atoms with Gasteiger partial charge in [-0.3, -0.25) is 4.79 Å². The van der Waals surface area contributed by atoms with E-state index >= 15 is 0 Å². The van der Waals surface area contributed by atoms with Crippen LogP contribution in [0.4, 0.5) is 0 Å². The molecular formula is C24H21N3O3. The molecule has 1 N–H and O–H groups in total. The van der Waals surface area contributed by atoms with E-state index in [0.717, 1.165) is 27.8 Å². The molecule has 4 rings (SSSR count). The third-order valence-corrected chi connectivity index (χ3v) is 5.03. The number of pyridine rings is 1. The molecule has 0 aliphatic carbocycles. The molecular weight excluding hydrogens is 378 g/mol. The number of hydrogen-bond acceptors (Lipinski definition) is 3. The van der Waals surface area contributed by atoms with Crippen molar-refractivity contribution in [2.45, 2.75) is 6.54 Å². The van der Waals surface area contributed by atoms with Gasteiger partial charge in [-0.15, -0.1) is 0 Å². The number of carbonyl (C=O) groups excluding carboxylic acids is 1. The maximum Gasteiger partial charge on any atom is 0.354 e. The molecule has 30 heavy (non-hydrogen) atoms. The SMILES string of the molecule is CN(C)C(=O)Cn1c(-c2ccccc2)c(-c2ccccc2)c2ccc(C(=O)O)nc21. The third-order valence-electron chi connectivity index (χ3n) is 5.03. The molecule has 0 fully saturated rings. The molecule has 6 nitrogen and oxygen atoms in total. The zero-order valence-corrected chi connectivity index (χ0v) is 16.7. The number of aromatic carboxylic acids is 1. The molecule has 2 heterocycles. The smallest absolute Gasteiger partial charge is 0.354 e. The lowest BCUT2D eigenvalue weighted by Crippen LogP contribution is -2.26. The molecule has 0 saturated heterocycles. The van der Waals surface area contributed by atoms with Gasteiger partial charge >= 0.3 is 5.97 Å². The number of rotatable bonds is 5. The first-order chi connectivity index (χ1) is 14.5. The van der Waals surface area contributed by atoms with Gasteiger partial charge in [-0.2, -0.15) is 0 Å². The minimum atomic E-state index is -1.11. The molecule has 2 aromatic carbocycles. The van der Waals surface area contributed by atoms with Crippen LogP contribution in [-0.2, 0) is 11.3 Å². The first-order valence-corrected chi connectivity index (χ1v) is 9.55. The molecule has 1 amide bonds. The Bertz CT molecular complexity index is 1230. The largest absolute Gasteiger partial charge is 0.477 e. The summed E-state index contributed by atoms with van der Waals surface area (Å²) in [6.07, 6.45) is 0. The van der Waals surface area contributed by atoms with Crippen molar-refractivity contribution in [3.63, 3.8) is 0 Å². The number of carbonyl (C=O) groups is 2. The van der Waals surface area contributed by atoms with Gasteiger partial charge in [0.05, 0.1) is 5.69 Å². The second kappa shape index (κ2) is 7.83. The van der Waals surface area contributed by atoms with E-state index in [1.807, 2.05) is 65.2 Å². The number of carboxylic acids is 1. The summed E-state index contributed by atoms with van der Waals surface area (Å²) in [4.78, 5) is 30.2. The van der Waals surface area contributed by atoms with Crippen LogP contribution in [0.15, 0.2) is 72.8 Å². The van der Waals surface area contributed by atoms with Crippen molar-refractivity contribution in [1.29, 1.82) is 0 Å². The predicted octanol–water partition coefficient (Wildman–Crippen LogP) is 4.16. The lowest BCUT2D eigenvalue weighted by molar-refractivity contribution is -0.129. The maximum absolute atomic E-state index is 12.7. The van der Waals surface area contributed by atoms with Crippen molar-refractivity contribution in [2.24, 2.45) is 0 Å². The molecule has 0 atom stereocenters. The van der Waals surface area contributed by atoms with Gasteiger partial charge < -0.3 is 14.6 Å². The van der Waals surface area contributed by atoms with Crippen LogP contribution in [0.25, 0.3) is 33.4 Å². The highest BCUT2D eigenvalue weighted by Crippen LogP contribution is 2.40.